The molecule has 1 amide bonds. The van der Waals surface area contributed by atoms with Crippen LogP contribution in [0.4, 0.5) is 0 Å². The summed E-state index contributed by atoms with van der Waals surface area (Å²) in [6.45, 7) is 3.58. The summed E-state index contributed by atoms with van der Waals surface area (Å²) >= 11 is 2.94. The van der Waals surface area contributed by atoms with Crippen LogP contribution in [-0.4, -0.2) is 40.2 Å². The number of H-pyrrole nitrogens is 1. The lowest BCUT2D eigenvalue weighted by Crippen LogP contribution is -2.40. The number of amides is 1. The first-order valence-corrected chi connectivity index (χ1v) is 10.5. The lowest BCUT2D eigenvalue weighted by Gasteiger charge is -2.12. The highest BCUT2D eigenvalue weighted by Crippen LogP contribution is 2.34. The Morgan fingerprint density at radius 1 is 1.42 bits per heavy atom. The van der Waals surface area contributed by atoms with Gasteiger partial charge in [-0.2, -0.15) is 0 Å². The van der Waals surface area contributed by atoms with Gasteiger partial charge in [-0.3, -0.25) is 9.59 Å². The molecule has 1 atom stereocenters. The Morgan fingerprint density at radius 3 is 3.00 bits per heavy atom. The highest BCUT2D eigenvalue weighted by molar-refractivity contribution is 7.99. The van der Waals surface area contributed by atoms with E-state index in [-0.39, 0.29) is 23.8 Å². The minimum atomic E-state index is -0.675. The molecule has 0 aromatic carbocycles. The number of fused-ring (bicyclic) bond motifs is 3. The van der Waals surface area contributed by atoms with E-state index in [2.05, 4.69) is 15.3 Å². The lowest BCUT2D eigenvalue weighted by atomic mass is 10.2. The normalized spacial score (nSPS) is 14.2. The quantitative estimate of drug-likeness (QED) is 0.693. The summed E-state index contributed by atoms with van der Waals surface area (Å²) in [5.74, 6) is 0.460. The number of hydrogen-bond donors (Lipinski definition) is 2. The number of carbonyl (C=O) groups excluding carboxylic acids is 2. The van der Waals surface area contributed by atoms with Crippen LogP contribution in [0.1, 0.15) is 36.5 Å². The Labute approximate surface area is 158 Å². The van der Waals surface area contributed by atoms with Gasteiger partial charge in [-0.05, 0) is 38.7 Å². The summed E-state index contributed by atoms with van der Waals surface area (Å²) in [7, 11) is 0. The molecule has 1 aliphatic rings. The van der Waals surface area contributed by atoms with Crippen LogP contribution in [-0.2, 0) is 32.9 Å². The number of thioether (sulfide) groups is 1. The van der Waals surface area contributed by atoms with Gasteiger partial charge in [0.05, 0.1) is 23.5 Å². The standard InChI is InChI=1S/C17H21N3O4S2/c1-3-24-17(23)9(2)18-13(21)8-25-7-12-19-15(22)14-10-5-4-6-11(10)26-16(14)20-12/h9H,3-8H2,1-2H3,(H,18,21)(H,19,20,22). The van der Waals surface area contributed by atoms with Crippen molar-refractivity contribution in [3.63, 3.8) is 0 Å². The minimum Gasteiger partial charge on any atom is -0.464 e. The van der Waals surface area contributed by atoms with Crippen molar-refractivity contribution < 1.29 is 14.3 Å². The summed E-state index contributed by atoms with van der Waals surface area (Å²) < 4.78 is 4.85. The fraction of sp³-hybridized carbons (Fsp3) is 0.529. The van der Waals surface area contributed by atoms with Crippen LogP contribution in [0.25, 0.3) is 10.2 Å². The smallest absolute Gasteiger partial charge is 0.328 e. The summed E-state index contributed by atoms with van der Waals surface area (Å²) in [6, 6.07) is -0.675. The number of aromatic nitrogens is 2. The van der Waals surface area contributed by atoms with Crippen molar-refractivity contribution >= 4 is 45.2 Å². The van der Waals surface area contributed by atoms with Crippen molar-refractivity contribution in [3.8, 4) is 0 Å². The fourth-order valence-electron chi connectivity index (χ4n) is 2.96. The maximum Gasteiger partial charge on any atom is 0.328 e. The van der Waals surface area contributed by atoms with Gasteiger partial charge in [-0.1, -0.05) is 0 Å². The van der Waals surface area contributed by atoms with Crippen LogP contribution in [0.15, 0.2) is 4.79 Å². The summed E-state index contributed by atoms with van der Waals surface area (Å²) in [6.07, 6.45) is 3.08. The molecule has 0 aliphatic heterocycles. The van der Waals surface area contributed by atoms with Crippen molar-refractivity contribution in [2.45, 2.75) is 44.9 Å². The van der Waals surface area contributed by atoms with Gasteiger partial charge in [0.2, 0.25) is 5.91 Å². The van der Waals surface area contributed by atoms with Crippen LogP contribution >= 0.6 is 23.1 Å². The van der Waals surface area contributed by atoms with Crippen LogP contribution in [0, 0.1) is 0 Å². The van der Waals surface area contributed by atoms with E-state index < -0.39 is 12.0 Å². The number of esters is 1. The first kappa shape index (κ1) is 18.9. The number of aryl methyl sites for hydroxylation is 2. The minimum absolute atomic E-state index is 0.0922. The summed E-state index contributed by atoms with van der Waals surface area (Å²) in [4.78, 5) is 45.2. The van der Waals surface area contributed by atoms with Crippen molar-refractivity contribution in [2.24, 2.45) is 0 Å². The second-order valence-corrected chi connectivity index (χ2v) is 8.15. The third-order valence-electron chi connectivity index (χ3n) is 4.11. The van der Waals surface area contributed by atoms with E-state index in [1.165, 1.54) is 16.6 Å². The van der Waals surface area contributed by atoms with Gasteiger partial charge < -0.3 is 15.0 Å². The van der Waals surface area contributed by atoms with E-state index in [0.29, 0.717) is 11.6 Å². The molecule has 9 heteroatoms. The Morgan fingerprint density at radius 2 is 2.23 bits per heavy atom. The van der Waals surface area contributed by atoms with E-state index in [1.54, 1.807) is 25.2 Å². The number of nitrogens with one attached hydrogen (secondary N) is 2. The van der Waals surface area contributed by atoms with E-state index in [4.69, 9.17) is 4.74 Å². The zero-order valence-electron chi connectivity index (χ0n) is 14.7. The molecule has 2 aromatic rings. The Bertz CT molecular complexity index is 890. The van der Waals surface area contributed by atoms with Crippen LogP contribution in [0.2, 0.25) is 0 Å². The number of ether oxygens (including phenoxy) is 1. The molecule has 0 saturated carbocycles. The van der Waals surface area contributed by atoms with E-state index in [0.717, 1.165) is 35.0 Å². The molecule has 0 radical (unpaired) electrons. The Hall–Kier alpha value is -1.87. The van der Waals surface area contributed by atoms with Gasteiger partial charge in [-0.25, -0.2) is 9.78 Å². The Kier molecular flexibility index (Phi) is 5.98. The van der Waals surface area contributed by atoms with Gasteiger partial charge in [0, 0.05) is 4.88 Å². The van der Waals surface area contributed by atoms with Gasteiger partial charge in [-0.15, -0.1) is 23.1 Å². The van der Waals surface area contributed by atoms with E-state index in [1.807, 2.05) is 0 Å². The molecule has 0 saturated heterocycles. The highest BCUT2D eigenvalue weighted by Gasteiger charge is 2.21. The van der Waals surface area contributed by atoms with Crippen molar-refractivity contribution in [1.82, 2.24) is 15.3 Å². The predicted molar refractivity (Wildman–Crippen MR) is 103 cm³/mol. The summed E-state index contributed by atoms with van der Waals surface area (Å²) in [5.41, 5.74) is 1.07. The number of nitrogens with zero attached hydrogens (tertiary/aromatic N) is 1. The summed E-state index contributed by atoms with van der Waals surface area (Å²) in [5, 5.41) is 3.33. The molecule has 7 nitrogen and oxygen atoms in total. The molecule has 0 spiro atoms. The molecule has 3 rings (SSSR count). The molecule has 2 N–H and O–H groups in total. The molecule has 1 unspecified atom stereocenters. The highest BCUT2D eigenvalue weighted by atomic mass is 32.2. The largest absolute Gasteiger partial charge is 0.464 e. The molecular formula is C17H21N3O4S2. The topological polar surface area (TPSA) is 101 Å². The Balaban J connectivity index is 1.56. The molecule has 26 heavy (non-hydrogen) atoms. The molecule has 0 bridgehead atoms. The third kappa shape index (κ3) is 4.09. The van der Waals surface area contributed by atoms with Crippen molar-refractivity contribution in [2.75, 3.05) is 12.4 Å². The zero-order chi connectivity index (χ0) is 18.7. The number of aromatic amines is 1. The van der Waals surface area contributed by atoms with Gasteiger partial charge >= 0.3 is 5.97 Å². The van der Waals surface area contributed by atoms with Crippen LogP contribution in [0.3, 0.4) is 0 Å². The van der Waals surface area contributed by atoms with Gasteiger partial charge in [0.1, 0.15) is 16.7 Å². The monoisotopic (exact) mass is 395 g/mol. The van der Waals surface area contributed by atoms with Crippen LogP contribution in [0.5, 0.6) is 0 Å². The molecule has 2 heterocycles. The number of rotatable bonds is 7. The first-order valence-electron chi connectivity index (χ1n) is 8.56. The van der Waals surface area contributed by atoms with Crippen molar-refractivity contribution in [1.29, 1.82) is 0 Å². The van der Waals surface area contributed by atoms with E-state index >= 15 is 0 Å². The second-order valence-electron chi connectivity index (χ2n) is 6.08. The number of thiophene rings is 1. The van der Waals surface area contributed by atoms with Crippen molar-refractivity contribution in [3.05, 3.63) is 26.6 Å². The zero-order valence-corrected chi connectivity index (χ0v) is 16.3. The molecule has 140 valence electrons. The predicted octanol–water partition coefficient (Wildman–Crippen LogP) is 1.77. The number of hydrogen-bond acceptors (Lipinski definition) is 7. The SMILES string of the molecule is CCOC(=O)C(C)NC(=O)CSCc1nc2sc3c(c2c(=O)[nH]1)CCC3. The molecular weight excluding hydrogens is 374 g/mol. The second kappa shape index (κ2) is 8.22. The van der Waals surface area contributed by atoms with E-state index in [9.17, 15) is 14.4 Å². The first-order chi connectivity index (χ1) is 12.5. The van der Waals surface area contributed by atoms with Crippen LogP contribution < -0.4 is 10.9 Å². The molecule has 0 fully saturated rings. The lowest BCUT2D eigenvalue weighted by molar-refractivity contribution is -0.146. The number of carbonyl (C=O) groups is 2. The molecule has 2 aromatic heterocycles. The third-order valence-corrected chi connectivity index (χ3v) is 6.24. The van der Waals surface area contributed by atoms with Gasteiger partial charge in [0.15, 0.2) is 0 Å². The molecule has 1 aliphatic carbocycles. The maximum atomic E-state index is 12.4. The fourth-order valence-corrected chi connectivity index (χ4v) is 4.95. The van der Waals surface area contributed by atoms with Gasteiger partial charge in [0.25, 0.3) is 5.56 Å². The average molecular weight is 396 g/mol. The average Bonchev–Trinajstić information content (AvgIpc) is 3.15. The maximum absolute atomic E-state index is 12.4.